The molecule has 0 aliphatic rings. The summed E-state index contributed by atoms with van der Waals surface area (Å²) in [5.74, 6) is 4.07. The lowest BCUT2D eigenvalue weighted by Gasteiger charge is -2.20. The van der Waals surface area contributed by atoms with Crippen LogP contribution in [-0.2, 0) is 6.18 Å². The van der Waals surface area contributed by atoms with E-state index in [4.69, 9.17) is 5.84 Å². The second-order valence-corrected chi connectivity index (χ2v) is 4.55. The molecule has 0 fully saturated rings. The zero-order chi connectivity index (χ0) is 14.6. The van der Waals surface area contributed by atoms with Gasteiger partial charge >= 0.3 is 6.18 Å². The molecule has 0 heterocycles. The van der Waals surface area contributed by atoms with E-state index < -0.39 is 23.6 Å². The van der Waals surface area contributed by atoms with Crippen LogP contribution in [-0.4, -0.2) is 25.5 Å². The Bertz CT molecular complexity index is 418. The predicted octanol–water partition coefficient (Wildman–Crippen LogP) is 2.30. The van der Waals surface area contributed by atoms with Crippen LogP contribution in [0.15, 0.2) is 18.2 Å². The maximum absolute atomic E-state index is 13.2. The SMILES string of the molecule is CN(C)CCC(NN)c1ccc(F)c(C(F)(F)F)c1. The zero-order valence-electron chi connectivity index (χ0n) is 10.8. The van der Waals surface area contributed by atoms with Gasteiger partial charge in [0.05, 0.1) is 5.56 Å². The Kier molecular flexibility index (Phi) is 5.28. The molecular formula is C12H17F4N3. The van der Waals surface area contributed by atoms with Crippen LogP contribution in [0.5, 0.6) is 0 Å². The van der Waals surface area contributed by atoms with E-state index in [0.717, 1.165) is 12.1 Å². The van der Waals surface area contributed by atoms with Crippen molar-refractivity contribution in [2.75, 3.05) is 20.6 Å². The average molecular weight is 279 g/mol. The van der Waals surface area contributed by atoms with E-state index in [0.29, 0.717) is 18.5 Å². The van der Waals surface area contributed by atoms with Gasteiger partial charge in [-0.3, -0.25) is 11.3 Å². The van der Waals surface area contributed by atoms with E-state index in [1.54, 1.807) is 0 Å². The van der Waals surface area contributed by atoms with Gasteiger partial charge in [-0.1, -0.05) is 6.07 Å². The number of rotatable bonds is 5. The van der Waals surface area contributed by atoms with Crippen molar-refractivity contribution in [2.24, 2.45) is 5.84 Å². The topological polar surface area (TPSA) is 41.3 Å². The first-order chi connectivity index (χ1) is 8.75. The minimum Gasteiger partial charge on any atom is -0.309 e. The van der Waals surface area contributed by atoms with Gasteiger partial charge in [0.25, 0.3) is 0 Å². The van der Waals surface area contributed by atoms with Gasteiger partial charge in [-0.05, 0) is 44.8 Å². The Morgan fingerprint density at radius 3 is 2.42 bits per heavy atom. The molecule has 0 aliphatic carbocycles. The van der Waals surface area contributed by atoms with Crippen molar-refractivity contribution in [1.29, 1.82) is 0 Å². The fraction of sp³-hybridized carbons (Fsp3) is 0.500. The highest BCUT2D eigenvalue weighted by atomic mass is 19.4. The van der Waals surface area contributed by atoms with Crippen LogP contribution in [0.25, 0.3) is 0 Å². The predicted molar refractivity (Wildman–Crippen MR) is 64.6 cm³/mol. The van der Waals surface area contributed by atoms with E-state index in [2.05, 4.69) is 5.43 Å². The zero-order valence-corrected chi connectivity index (χ0v) is 10.8. The van der Waals surface area contributed by atoms with Gasteiger partial charge in [0, 0.05) is 6.04 Å². The van der Waals surface area contributed by atoms with Gasteiger partial charge in [-0.25, -0.2) is 4.39 Å². The molecule has 0 saturated carbocycles. The Labute approximate surface area is 109 Å². The van der Waals surface area contributed by atoms with Crippen LogP contribution in [0, 0.1) is 5.82 Å². The number of hydrazine groups is 1. The van der Waals surface area contributed by atoms with Gasteiger partial charge in [0.1, 0.15) is 5.82 Å². The maximum atomic E-state index is 13.2. The molecule has 3 nitrogen and oxygen atoms in total. The van der Waals surface area contributed by atoms with Crippen molar-refractivity contribution in [3.05, 3.63) is 35.1 Å². The number of hydrogen-bond acceptors (Lipinski definition) is 3. The Morgan fingerprint density at radius 2 is 1.95 bits per heavy atom. The monoisotopic (exact) mass is 279 g/mol. The van der Waals surface area contributed by atoms with Crippen molar-refractivity contribution in [3.63, 3.8) is 0 Å². The summed E-state index contributed by atoms with van der Waals surface area (Å²) in [6.07, 6.45) is -4.19. The molecule has 3 N–H and O–H groups in total. The van der Waals surface area contributed by atoms with E-state index in [-0.39, 0.29) is 0 Å². The van der Waals surface area contributed by atoms with Crippen molar-refractivity contribution >= 4 is 0 Å². The fourth-order valence-corrected chi connectivity index (χ4v) is 1.71. The third-order valence-corrected chi connectivity index (χ3v) is 2.76. The van der Waals surface area contributed by atoms with Gasteiger partial charge in [0.15, 0.2) is 0 Å². The number of benzene rings is 1. The van der Waals surface area contributed by atoms with Crippen LogP contribution >= 0.6 is 0 Å². The van der Waals surface area contributed by atoms with Gasteiger partial charge < -0.3 is 4.90 Å². The lowest BCUT2D eigenvalue weighted by Crippen LogP contribution is -2.31. The highest BCUT2D eigenvalue weighted by Gasteiger charge is 2.34. The van der Waals surface area contributed by atoms with E-state index in [1.165, 1.54) is 6.07 Å². The van der Waals surface area contributed by atoms with Crippen LogP contribution in [0.4, 0.5) is 17.6 Å². The van der Waals surface area contributed by atoms with E-state index in [1.807, 2.05) is 19.0 Å². The number of nitrogens with two attached hydrogens (primary N) is 1. The molecule has 0 aliphatic heterocycles. The van der Waals surface area contributed by atoms with Gasteiger partial charge in [0.2, 0.25) is 0 Å². The Morgan fingerprint density at radius 1 is 1.32 bits per heavy atom. The summed E-state index contributed by atoms with van der Waals surface area (Å²) in [5.41, 5.74) is 1.50. The molecule has 1 aromatic carbocycles. The summed E-state index contributed by atoms with van der Waals surface area (Å²) in [6.45, 7) is 0.646. The van der Waals surface area contributed by atoms with Crippen molar-refractivity contribution in [1.82, 2.24) is 10.3 Å². The minimum absolute atomic E-state index is 0.318. The summed E-state index contributed by atoms with van der Waals surface area (Å²) in [4.78, 5) is 1.89. The van der Waals surface area contributed by atoms with Crippen LogP contribution in [0.3, 0.4) is 0 Å². The van der Waals surface area contributed by atoms with Gasteiger partial charge in [-0.15, -0.1) is 0 Å². The number of halogens is 4. The molecule has 19 heavy (non-hydrogen) atoms. The van der Waals surface area contributed by atoms with Crippen LogP contribution < -0.4 is 11.3 Å². The second-order valence-electron chi connectivity index (χ2n) is 4.55. The molecule has 0 spiro atoms. The highest BCUT2D eigenvalue weighted by Crippen LogP contribution is 2.33. The van der Waals surface area contributed by atoms with E-state index >= 15 is 0 Å². The molecule has 0 aromatic heterocycles. The van der Waals surface area contributed by atoms with Crippen molar-refractivity contribution < 1.29 is 17.6 Å². The molecule has 7 heteroatoms. The number of hydrogen-bond donors (Lipinski definition) is 2. The summed E-state index contributed by atoms with van der Waals surface area (Å²) in [6, 6.07) is 2.47. The largest absolute Gasteiger partial charge is 0.419 e. The highest BCUT2D eigenvalue weighted by molar-refractivity contribution is 5.29. The molecule has 0 bridgehead atoms. The molecule has 0 amide bonds. The second kappa shape index (κ2) is 6.31. The summed E-state index contributed by atoms with van der Waals surface area (Å²) >= 11 is 0. The fourth-order valence-electron chi connectivity index (χ4n) is 1.71. The Balaban J connectivity index is 2.99. The molecule has 1 atom stereocenters. The van der Waals surface area contributed by atoms with Gasteiger partial charge in [-0.2, -0.15) is 13.2 Å². The smallest absolute Gasteiger partial charge is 0.309 e. The molecule has 1 unspecified atom stereocenters. The standard InChI is InChI=1S/C12H17F4N3/c1-19(2)6-5-11(18-17)8-3-4-10(13)9(7-8)12(14,15)16/h3-4,7,11,18H,5-6,17H2,1-2H3. The minimum atomic E-state index is -4.71. The first-order valence-corrected chi connectivity index (χ1v) is 5.73. The number of nitrogens with one attached hydrogen (secondary N) is 1. The average Bonchev–Trinajstić information content (AvgIpc) is 2.29. The first kappa shape index (κ1) is 15.9. The van der Waals surface area contributed by atoms with E-state index in [9.17, 15) is 17.6 Å². The Hall–Kier alpha value is -1.18. The molecule has 0 radical (unpaired) electrons. The lowest BCUT2D eigenvalue weighted by atomic mass is 10.0. The summed E-state index contributed by atoms with van der Waals surface area (Å²) < 4.78 is 51.0. The molecular weight excluding hydrogens is 262 g/mol. The normalized spacial score (nSPS) is 13.9. The first-order valence-electron chi connectivity index (χ1n) is 5.73. The quantitative estimate of drug-likeness (QED) is 0.493. The lowest BCUT2D eigenvalue weighted by molar-refractivity contribution is -0.140. The third-order valence-electron chi connectivity index (χ3n) is 2.76. The molecule has 108 valence electrons. The van der Waals surface area contributed by atoms with Crippen LogP contribution in [0.1, 0.15) is 23.6 Å². The molecule has 1 aromatic rings. The molecule has 1 rings (SSSR count). The summed E-state index contributed by atoms with van der Waals surface area (Å²) in [7, 11) is 3.69. The maximum Gasteiger partial charge on any atom is 0.419 e. The number of nitrogens with zero attached hydrogens (tertiary/aromatic N) is 1. The number of alkyl halides is 3. The third kappa shape index (κ3) is 4.45. The van der Waals surface area contributed by atoms with Crippen LogP contribution in [0.2, 0.25) is 0 Å². The van der Waals surface area contributed by atoms with Crippen molar-refractivity contribution in [2.45, 2.75) is 18.6 Å². The van der Waals surface area contributed by atoms with Crippen molar-refractivity contribution in [3.8, 4) is 0 Å². The molecule has 0 saturated heterocycles. The summed E-state index contributed by atoms with van der Waals surface area (Å²) in [5, 5.41) is 0.